The van der Waals surface area contributed by atoms with Crippen LogP contribution in [0.25, 0.3) is 6.08 Å². The van der Waals surface area contributed by atoms with Crippen LogP contribution >= 0.6 is 27.7 Å². The molecule has 1 aliphatic heterocycles. The zero-order chi connectivity index (χ0) is 28.1. The first-order valence-electron chi connectivity index (χ1n) is 13.5. The Morgan fingerprint density at radius 1 is 1.10 bits per heavy atom. The van der Waals surface area contributed by atoms with E-state index in [4.69, 9.17) is 9.47 Å². The molecule has 6 nitrogen and oxygen atoms in total. The maximum absolute atomic E-state index is 13.9. The summed E-state index contributed by atoms with van der Waals surface area (Å²) in [6.45, 7) is 2.50. The molecule has 8 heteroatoms. The number of ether oxygens (including phenoxy) is 2. The first-order chi connectivity index (χ1) is 19.5. The summed E-state index contributed by atoms with van der Waals surface area (Å²) in [4.78, 5) is 16.7. The van der Waals surface area contributed by atoms with E-state index in [9.17, 15) is 10.1 Å². The Labute approximate surface area is 248 Å². The number of halogens is 1. The summed E-state index contributed by atoms with van der Waals surface area (Å²) in [7, 11) is 1.59. The maximum Gasteiger partial charge on any atom is 0.262 e. The number of anilines is 1. The normalized spacial score (nSPS) is 21.8. The molecule has 1 saturated heterocycles. The molecule has 0 aromatic heterocycles. The van der Waals surface area contributed by atoms with Crippen LogP contribution in [0, 0.1) is 17.2 Å². The number of rotatable bonds is 8. The molecule has 1 amide bonds. The minimum atomic E-state index is -0.185. The van der Waals surface area contributed by atoms with E-state index >= 15 is 0 Å². The maximum atomic E-state index is 13.9. The molecular formula is C32H32BrN3O3S. The summed E-state index contributed by atoms with van der Waals surface area (Å²) in [6.07, 6.45) is 6.45. The van der Waals surface area contributed by atoms with Crippen molar-refractivity contribution in [1.29, 1.82) is 5.26 Å². The van der Waals surface area contributed by atoms with E-state index < -0.39 is 0 Å². The number of hydrogen-bond acceptors (Lipinski definition) is 6. The quantitative estimate of drug-likeness (QED) is 0.260. The van der Waals surface area contributed by atoms with Crippen molar-refractivity contribution in [2.45, 2.75) is 50.8 Å². The lowest BCUT2D eigenvalue weighted by Gasteiger charge is -2.39. The Bertz CT molecular complexity index is 1440. The summed E-state index contributed by atoms with van der Waals surface area (Å²) in [6, 6.07) is 23.6. The number of para-hydroxylation sites is 1. The highest BCUT2D eigenvalue weighted by Crippen LogP contribution is 2.43. The van der Waals surface area contributed by atoms with Crippen LogP contribution in [0.15, 0.2) is 76.1 Å². The van der Waals surface area contributed by atoms with Crippen LogP contribution in [0.4, 0.5) is 5.69 Å². The molecule has 1 saturated carbocycles. The van der Waals surface area contributed by atoms with Crippen LogP contribution in [0.2, 0.25) is 0 Å². The molecule has 1 unspecified atom stereocenters. The number of amides is 1. The van der Waals surface area contributed by atoms with Crippen molar-refractivity contribution in [2.24, 2.45) is 5.92 Å². The Morgan fingerprint density at radius 2 is 1.85 bits per heavy atom. The van der Waals surface area contributed by atoms with E-state index in [0.29, 0.717) is 27.9 Å². The lowest BCUT2D eigenvalue weighted by Crippen LogP contribution is -2.48. The molecule has 206 valence electrons. The molecule has 1 N–H and O–H groups in total. The highest BCUT2D eigenvalue weighted by Gasteiger charge is 2.43. The van der Waals surface area contributed by atoms with Crippen LogP contribution in [0.5, 0.6) is 11.5 Å². The standard InChI is InChI=1S/C32H32BrN3O3S/c1-21-10-6-9-15-27(21)36-31(37)30(40-32(36)35-25-13-4-3-5-14-25)17-24-16-28(38-2)29(18-26(24)33)39-20-23-12-8-7-11-22(23)19-34/h3-5,7-8,11-14,16-18,21,27,32,35H,6,9-10,15,20H2,1-2H3/b30-17-/t21-,27+,32?/m1/s1. The van der Waals surface area contributed by atoms with E-state index in [1.54, 1.807) is 24.9 Å². The van der Waals surface area contributed by atoms with Gasteiger partial charge in [-0.2, -0.15) is 5.26 Å². The number of methoxy groups -OCH3 is 1. The molecule has 0 radical (unpaired) electrons. The Hall–Kier alpha value is -3.41. The van der Waals surface area contributed by atoms with Gasteiger partial charge in [0, 0.05) is 21.8 Å². The number of nitrogens with one attached hydrogen (secondary N) is 1. The summed E-state index contributed by atoms with van der Waals surface area (Å²) in [5.41, 5.74) is 3.01. The smallest absolute Gasteiger partial charge is 0.262 e. The van der Waals surface area contributed by atoms with Crippen LogP contribution in [-0.2, 0) is 11.4 Å². The second-order valence-corrected chi connectivity index (χ2v) is 12.1. The van der Waals surface area contributed by atoms with Gasteiger partial charge in [-0.15, -0.1) is 0 Å². The number of benzene rings is 3. The second kappa shape index (κ2) is 12.8. The fourth-order valence-corrected chi connectivity index (χ4v) is 6.99. The van der Waals surface area contributed by atoms with Crippen molar-refractivity contribution in [3.63, 3.8) is 0 Å². The van der Waals surface area contributed by atoms with Crippen molar-refractivity contribution in [1.82, 2.24) is 4.90 Å². The van der Waals surface area contributed by atoms with Crippen LogP contribution in [0.3, 0.4) is 0 Å². The second-order valence-electron chi connectivity index (χ2n) is 10.1. The van der Waals surface area contributed by atoms with Crippen molar-refractivity contribution in [3.05, 3.63) is 92.8 Å². The molecule has 40 heavy (non-hydrogen) atoms. The van der Waals surface area contributed by atoms with Gasteiger partial charge in [-0.3, -0.25) is 4.79 Å². The first kappa shape index (κ1) is 28.1. The molecule has 3 aromatic rings. The van der Waals surface area contributed by atoms with E-state index in [0.717, 1.165) is 40.5 Å². The van der Waals surface area contributed by atoms with Crippen molar-refractivity contribution >= 4 is 45.4 Å². The fraction of sp³-hybridized carbons (Fsp3) is 0.312. The third kappa shape index (κ3) is 6.16. The lowest BCUT2D eigenvalue weighted by molar-refractivity contribution is -0.129. The Balaban J connectivity index is 1.42. The zero-order valence-corrected chi connectivity index (χ0v) is 25.0. The molecule has 2 aliphatic rings. The van der Waals surface area contributed by atoms with Gasteiger partial charge in [0.25, 0.3) is 5.91 Å². The highest BCUT2D eigenvalue weighted by molar-refractivity contribution is 9.10. The van der Waals surface area contributed by atoms with Crippen molar-refractivity contribution in [2.75, 3.05) is 12.4 Å². The van der Waals surface area contributed by atoms with Crippen molar-refractivity contribution < 1.29 is 14.3 Å². The Morgan fingerprint density at radius 3 is 2.60 bits per heavy atom. The number of nitriles is 1. The number of nitrogens with zero attached hydrogens (tertiary/aromatic N) is 2. The van der Waals surface area contributed by atoms with Gasteiger partial charge < -0.3 is 19.7 Å². The predicted molar refractivity (Wildman–Crippen MR) is 164 cm³/mol. The van der Waals surface area contributed by atoms with E-state index in [1.807, 2.05) is 66.7 Å². The largest absolute Gasteiger partial charge is 0.493 e. The van der Waals surface area contributed by atoms with Crippen LogP contribution < -0.4 is 14.8 Å². The third-order valence-corrected chi connectivity index (χ3v) is 9.32. The first-order valence-corrected chi connectivity index (χ1v) is 15.2. The average molecular weight is 619 g/mol. The molecule has 0 spiro atoms. The molecule has 5 rings (SSSR count). The third-order valence-electron chi connectivity index (χ3n) is 7.51. The molecule has 1 aliphatic carbocycles. The lowest BCUT2D eigenvalue weighted by atomic mass is 9.85. The molecule has 3 aromatic carbocycles. The van der Waals surface area contributed by atoms with E-state index in [-0.39, 0.29) is 24.1 Å². The molecule has 2 fully saturated rings. The molecule has 1 heterocycles. The number of carbonyl (C=O) groups is 1. The molecule has 3 atom stereocenters. The number of carbonyl (C=O) groups excluding carboxylic acids is 1. The summed E-state index contributed by atoms with van der Waals surface area (Å²) in [5, 5.41) is 13.0. The van der Waals surface area contributed by atoms with Gasteiger partial charge >= 0.3 is 0 Å². The van der Waals surface area contributed by atoms with Gasteiger partial charge in [-0.05, 0) is 60.7 Å². The van der Waals surface area contributed by atoms with Gasteiger partial charge in [-0.25, -0.2) is 0 Å². The summed E-state index contributed by atoms with van der Waals surface area (Å²) >= 11 is 5.23. The van der Waals surface area contributed by atoms with Gasteiger partial charge in [0.05, 0.1) is 23.6 Å². The number of hydrogen-bond donors (Lipinski definition) is 1. The highest BCUT2D eigenvalue weighted by atomic mass is 79.9. The minimum Gasteiger partial charge on any atom is -0.493 e. The van der Waals surface area contributed by atoms with Crippen molar-refractivity contribution in [3.8, 4) is 17.6 Å². The van der Waals surface area contributed by atoms with Gasteiger partial charge in [0.1, 0.15) is 6.61 Å². The van der Waals surface area contributed by atoms with Crippen LogP contribution in [-0.4, -0.2) is 29.5 Å². The summed E-state index contributed by atoms with van der Waals surface area (Å²) in [5.74, 6) is 1.61. The van der Waals surface area contributed by atoms with Crippen LogP contribution in [0.1, 0.15) is 49.3 Å². The SMILES string of the molecule is COc1cc(/C=C2\SC(Nc3ccccc3)N([C@H]3CCCC[C@H]3C)C2=O)c(Br)cc1OCc1ccccc1C#N. The topological polar surface area (TPSA) is 74.6 Å². The van der Waals surface area contributed by atoms with E-state index in [1.165, 1.54) is 6.42 Å². The average Bonchev–Trinajstić information content (AvgIpc) is 3.27. The zero-order valence-electron chi connectivity index (χ0n) is 22.6. The molecule has 0 bridgehead atoms. The Kier molecular flexibility index (Phi) is 9.03. The number of thioether (sulfide) groups is 1. The minimum absolute atomic E-state index is 0.0523. The molecular weight excluding hydrogens is 586 g/mol. The van der Waals surface area contributed by atoms with Gasteiger partial charge in [-0.1, -0.05) is 83.9 Å². The predicted octanol–water partition coefficient (Wildman–Crippen LogP) is 7.80. The fourth-order valence-electron chi connectivity index (χ4n) is 5.35. The van der Waals surface area contributed by atoms with Gasteiger partial charge in [0.15, 0.2) is 17.0 Å². The van der Waals surface area contributed by atoms with Gasteiger partial charge in [0.2, 0.25) is 0 Å². The van der Waals surface area contributed by atoms with E-state index in [2.05, 4.69) is 39.1 Å². The monoisotopic (exact) mass is 617 g/mol. The summed E-state index contributed by atoms with van der Waals surface area (Å²) < 4.78 is 12.5.